The van der Waals surface area contributed by atoms with Crippen molar-refractivity contribution in [2.75, 3.05) is 0 Å². The minimum Gasteiger partial charge on any atom is -0.461 e. The van der Waals surface area contributed by atoms with Crippen molar-refractivity contribution in [1.82, 2.24) is 14.8 Å². The van der Waals surface area contributed by atoms with Crippen LogP contribution in [0.25, 0.3) is 11.6 Å². The molecule has 2 aromatic rings. The molecule has 0 saturated carbocycles. The molecule has 0 amide bonds. The van der Waals surface area contributed by atoms with E-state index in [1.807, 2.05) is 12.1 Å². The van der Waals surface area contributed by atoms with Crippen molar-refractivity contribution in [1.29, 1.82) is 0 Å². The topological polar surface area (TPSA) is 69.9 Å². The Bertz CT molecular complexity index is 460. The van der Waals surface area contributed by atoms with Crippen LogP contribution in [0.5, 0.6) is 0 Å². The molecule has 0 spiro atoms. The van der Waals surface area contributed by atoms with Gasteiger partial charge in [0.1, 0.15) is 5.82 Å². The molecule has 0 fully saturated rings. The molecule has 78 valence electrons. The predicted molar refractivity (Wildman–Crippen MR) is 54.0 cm³/mol. The van der Waals surface area contributed by atoms with E-state index in [4.69, 9.17) is 10.2 Å². The first-order chi connectivity index (χ1) is 7.34. The molecule has 2 aromatic heterocycles. The lowest BCUT2D eigenvalue weighted by molar-refractivity contribution is 0.461. The smallest absolute Gasteiger partial charge is 0.199 e. The summed E-state index contributed by atoms with van der Waals surface area (Å²) in [6.45, 7) is 0.875. The Morgan fingerprint density at radius 3 is 3.20 bits per heavy atom. The van der Waals surface area contributed by atoms with Crippen molar-refractivity contribution in [2.24, 2.45) is 5.73 Å². The zero-order valence-electron chi connectivity index (χ0n) is 8.26. The third-order valence-corrected chi connectivity index (χ3v) is 2.74. The van der Waals surface area contributed by atoms with Crippen LogP contribution in [0.2, 0.25) is 0 Å². The van der Waals surface area contributed by atoms with Gasteiger partial charge in [-0.05, 0) is 18.6 Å². The molecule has 1 aliphatic heterocycles. The molecule has 5 nitrogen and oxygen atoms in total. The van der Waals surface area contributed by atoms with E-state index in [1.165, 1.54) is 0 Å². The minimum absolute atomic E-state index is 0.214. The van der Waals surface area contributed by atoms with Gasteiger partial charge in [0.15, 0.2) is 11.6 Å². The van der Waals surface area contributed by atoms with E-state index in [2.05, 4.69) is 14.8 Å². The fourth-order valence-electron chi connectivity index (χ4n) is 1.94. The highest BCUT2D eigenvalue weighted by Gasteiger charge is 2.22. The summed E-state index contributed by atoms with van der Waals surface area (Å²) in [6.07, 6.45) is 3.41. The molecule has 0 aromatic carbocycles. The van der Waals surface area contributed by atoms with Gasteiger partial charge in [-0.2, -0.15) is 0 Å². The van der Waals surface area contributed by atoms with Gasteiger partial charge >= 0.3 is 0 Å². The quantitative estimate of drug-likeness (QED) is 0.746. The summed E-state index contributed by atoms with van der Waals surface area (Å²) in [5, 5.41) is 8.27. The number of rotatable bonds is 1. The highest BCUT2D eigenvalue weighted by molar-refractivity contribution is 5.46. The zero-order valence-corrected chi connectivity index (χ0v) is 8.26. The van der Waals surface area contributed by atoms with E-state index in [9.17, 15) is 0 Å². The molecule has 15 heavy (non-hydrogen) atoms. The lowest BCUT2D eigenvalue weighted by Gasteiger charge is -2.19. The number of hydrogen-bond donors (Lipinski definition) is 1. The zero-order chi connectivity index (χ0) is 10.3. The van der Waals surface area contributed by atoms with E-state index in [-0.39, 0.29) is 6.04 Å². The molecular weight excluding hydrogens is 192 g/mol. The molecular formula is C10H12N4O. The van der Waals surface area contributed by atoms with Gasteiger partial charge in [-0.15, -0.1) is 10.2 Å². The number of nitrogens with two attached hydrogens (primary N) is 1. The van der Waals surface area contributed by atoms with Gasteiger partial charge in [0.2, 0.25) is 0 Å². The fraction of sp³-hybridized carbons (Fsp3) is 0.400. The Morgan fingerprint density at radius 1 is 1.47 bits per heavy atom. The van der Waals surface area contributed by atoms with Crippen LogP contribution in [0.4, 0.5) is 0 Å². The monoisotopic (exact) mass is 204 g/mol. The summed E-state index contributed by atoms with van der Waals surface area (Å²) in [7, 11) is 0. The SMILES string of the molecule is NC1CCn2c(nnc2-c2ccco2)C1. The summed E-state index contributed by atoms with van der Waals surface area (Å²) >= 11 is 0. The molecule has 0 bridgehead atoms. The average Bonchev–Trinajstić information content (AvgIpc) is 2.82. The van der Waals surface area contributed by atoms with Gasteiger partial charge in [0, 0.05) is 19.0 Å². The Morgan fingerprint density at radius 2 is 2.40 bits per heavy atom. The molecule has 1 atom stereocenters. The molecule has 3 heterocycles. The van der Waals surface area contributed by atoms with E-state index < -0.39 is 0 Å². The number of fused-ring (bicyclic) bond motifs is 1. The van der Waals surface area contributed by atoms with Crippen LogP contribution in [0.15, 0.2) is 22.8 Å². The van der Waals surface area contributed by atoms with E-state index in [1.54, 1.807) is 6.26 Å². The first kappa shape index (κ1) is 8.67. The third kappa shape index (κ3) is 1.35. The number of aromatic nitrogens is 3. The van der Waals surface area contributed by atoms with Crippen molar-refractivity contribution in [2.45, 2.75) is 25.4 Å². The van der Waals surface area contributed by atoms with Crippen molar-refractivity contribution < 1.29 is 4.42 Å². The van der Waals surface area contributed by atoms with Crippen molar-refractivity contribution in [3.05, 3.63) is 24.2 Å². The van der Waals surface area contributed by atoms with Gasteiger partial charge in [0.05, 0.1) is 6.26 Å². The van der Waals surface area contributed by atoms with E-state index in [0.29, 0.717) is 0 Å². The van der Waals surface area contributed by atoms with Gasteiger partial charge in [0.25, 0.3) is 0 Å². The largest absolute Gasteiger partial charge is 0.461 e. The molecule has 0 radical (unpaired) electrons. The van der Waals surface area contributed by atoms with E-state index >= 15 is 0 Å². The Kier molecular flexibility index (Phi) is 1.85. The van der Waals surface area contributed by atoms with E-state index in [0.717, 1.165) is 36.8 Å². The van der Waals surface area contributed by atoms with Gasteiger partial charge in [-0.25, -0.2) is 0 Å². The van der Waals surface area contributed by atoms with Crippen LogP contribution in [-0.4, -0.2) is 20.8 Å². The number of nitrogens with zero attached hydrogens (tertiary/aromatic N) is 3. The summed E-state index contributed by atoms with van der Waals surface area (Å²) < 4.78 is 7.40. The first-order valence-corrected chi connectivity index (χ1v) is 5.06. The first-order valence-electron chi connectivity index (χ1n) is 5.06. The van der Waals surface area contributed by atoms with Crippen LogP contribution >= 0.6 is 0 Å². The van der Waals surface area contributed by atoms with Crippen LogP contribution in [0, 0.1) is 0 Å². The number of hydrogen-bond acceptors (Lipinski definition) is 4. The molecule has 0 saturated heterocycles. The maximum atomic E-state index is 5.87. The Balaban J connectivity index is 2.05. The van der Waals surface area contributed by atoms with Crippen molar-refractivity contribution in [3.8, 4) is 11.6 Å². The predicted octanol–water partition coefficient (Wildman–Crippen LogP) is 0.812. The maximum absolute atomic E-state index is 5.87. The minimum atomic E-state index is 0.214. The summed E-state index contributed by atoms with van der Waals surface area (Å²) in [6, 6.07) is 3.96. The Hall–Kier alpha value is -1.62. The second-order valence-corrected chi connectivity index (χ2v) is 3.82. The molecule has 5 heteroatoms. The standard InChI is InChI=1S/C10H12N4O/c11-7-3-4-14-9(6-7)12-13-10(14)8-2-1-5-15-8/h1-2,5,7H,3-4,6,11H2. The lowest BCUT2D eigenvalue weighted by Crippen LogP contribution is -2.31. The summed E-state index contributed by atoms with van der Waals surface area (Å²) in [5.74, 6) is 2.53. The van der Waals surface area contributed by atoms with Crippen LogP contribution in [0.1, 0.15) is 12.2 Å². The van der Waals surface area contributed by atoms with Crippen LogP contribution in [0.3, 0.4) is 0 Å². The molecule has 1 unspecified atom stereocenters. The molecule has 3 rings (SSSR count). The van der Waals surface area contributed by atoms with Crippen molar-refractivity contribution >= 4 is 0 Å². The Labute approximate surface area is 86.9 Å². The number of furan rings is 1. The normalized spacial score (nSPS) is 20.2. The summed E-state index contributed by atoms with van der Waals surface area (Å²) in [5.41, 5.74) is 5.87. The van der Waals surface area contributed by atoms with Gasteiger partial charge in [-0.1, -0.05) is 0 Å². The van der Waals surface area contributed by atoms with Gasteiger partial charge < -0.3 is 14.7 Å². The van der Waals surface area contributed by atoms with Crippen LogP contribution in [-0.2, 0) is 13.0 Å². The highest BCUT2D eigenvalue weighted by Crippen LogP contribution is 2.22. The maximum Gasteiger partial charge on any atom is 0.199 e. The average molecular weight is 204 g/mol. The van der Waals surface area contributed by atoms with Gasteiger partial charge in [-0.3, -0.25) is 0 Å². The second-order valence-electron chi connectivity index (χ2n) is 3.82. The highest BCUT2D eigenvalue weighted by atomic mass is 16.3. The van der Waals surface area contributed by atoms with Crippen LogP contribution < -0.4 is 5.73 Å². The fourth-order valence-corrected chi connectivity index (χ4v) is 1.94. The molecule has 1 aliphatic rings. The lowest BCUT2D eigenvalue weighted by atomic mass is 10.1. The van der Waals surface area contributed by atoms with Crippen molar-refractivity contribution in [3.63, 3.8) is 0 Å². The second kappa shape index (κ2) is 3.20. The third-order valence-electron chi connectivity index (χ3n) is 2.74. The summed E-state index contributed by atoms with van der Waals surface area (Å²) in [4.78, 5) is 0. The molecule has 2 N–H and O–H groups in total. The molecule has 0 aliphatic carbocycles.